The van der Waals surface area contributed by atoms with Gasteiger partial charge in [-0.1, -0.05) is 12.1 Å². The number of nitrogens with one attached hydrogen (secondary N) is 1. The number of ether oxygens (including phenoxy) is 2. The number of hydrogen-bond donors (Lipinski definition) is 1. The van der Waals surface area contributed by atoms with Crippen molar-refractivity contribution in [1.29, 1.82) is 0 Å². The van der Waals surface area contributed by atoms with E-state index in [-0.39, 0.29) is 6.61 Å². The molecule has 7 nitrogen and oxygen atoms in total. The summed E-state index contributed by atoms with van der Waals surface area (Å²) >= 11 is 0. The Kier molecular flexibility index (Phi) is 4.33. The fourth-order valence-electron chi connectivity index (χ4n) is 1.37. The highest BCUT2D eigenvalue weighted by molar-refractivity contribution is 5.70. The third kappa shape index (κ3) is 3.98. The Morgan fingerprint density at radius 3 is 2.58 bits per heavy atom. The second-order valence-corrected chi connectivity index (χ2v) is 3.71. The predicted octanol–water partition coefficient (Wildman–Crippen LogP) is 0.574. The van der Waals surface area contributed by atoms with E-state index >= 15 is 0 Å². The van der Waals surface area contributed by atoms with Gasteiger partial charge in [0, 0.05) is 0 Å². The number of aromatic nitrogens is 3. The summed E-state index contributed by atoms with van der Waals surface area (Å²) in [6.07, 6.45) is 3.15. The molecule has 0 fully saturated rings. The van der Waals surface area contributed by atoms with Crippen molar-refractivity contribution in [2.45, 2.75) is 6.54 Å². The number of benzene rings is 1. The smallest absolute Gasteiger partial charge is 0.343 e. The molecule has 0 amide bonds. The first-order valence-electron chi connectivity index (χ1n) is 5.65. The van der Waals surface area contributed by atoms with E-state index in [4.69, 9.17) is 4.74 Å². The van der Waals surface area contributed by atoms with Gasteiger partial charge in [0.1, 0.15) is 18.4 Å². The van der Waals surface area contributed by atoms with Crippen LogP contribution in [0.1, 0.15) is 5.56 Å². The molecule has 2 aromatic rings. The van der Waals surface area contributed by atoms with Crippen molar-refractivity contribution in [3.8, 4) is 5.75 Å². The average Bonchev–Trinajstić information content (AvgIpc) is 2.97. The largest absolute Gasteiger partial charge is 0.482 e. The van der Waals surface area contributed by atoms with Gasteiger partial charge in [-0.05, 0) is 17.7 Å². The van der Waals surface area contributed by atoms with Crippen molar-refractivity contribution in [1.82, 2.24) is 14.9 Å². The van der Waals surface area contributed by atoms with Crippen LogP contribution < -0.4 is 10.2 Å². The molecule has 1 aromatic carbocycles. The summed E-state index contributed by atoms with van der Waals surface area (Å²) in [7, 11) is 1.32. The van der Waals surface area contributed by atoms with Gasteiger partial charge in [0.05, 0.1) is 13.7 Å². The van der Waals surface area contributed by atoms with E-state index in [1.165, 1.54) is 7.11 Å². The van der Waals surface area contributed by atoms with Crippen LogP contribution in [0.25, 0.3) is 0 Å². The molecule has 0 radical (unpaired) electrons. The molecule has 0 aliphatic rings. The van der Waals surface area contributed by atoms with Gasteiger partial charge in [0.15, 0.2) is 6.61 Å². The van der Waals surface area contributed by atoms with Crippen LogP contribution in [-0.4, -0.2) is 34.6 Å². The topological polar surface area (TPSA) is 78.3 Å². The Balaban J connectivity index is 1.82. The zero-order valence-corrected chi connectivity index (χ0v) is 10.4. The van der Waals surface area contributed by atoms with Crippen molar-refractivity contribution < 1.29 is 14.3 Å². The summed E-state index contributed by atoms with van der Waals surface area (Å²) in [6, 6.07) is 7.41. The van der Waals surface area contributed by atoms with Gasteiger partial charge < -0.3 is 14.9 Å². The van der Waals surface area contributed by atoms with E-state index in [2.05, 4.69) is 20.4 Å². The molecule has 19 heavy (non-hydrogen) atoms. The highest BCUT2D eigenvalue weighted by atomic mass is 16.6. The van der Waals surface area contributed by atoms with E-state index in [1.54, 1.807) is 29.5 Å². The van der Waals surface area contributed by atoms with Gasteiger partial charge in [0.25, 0.3) is 0 Å². The van der Waals surface area contributed by atoms with Crippen LogP contribution in [0.5, 0.6) is 5.75 Å². The van der Waals surface area contributed by atoms with Crippen molar-refractivity contribution in [2.24, 2.45) is 0 Å². The summed E-state index contributed by atoms with van der Waals surface area (Å²) < 4.78 is 11.4. The molecule has 7 heteroatoms. The quantitative estimate of drug-likeness (QED) is 0.767. The fraction of sp³-hybridized carbons (Fsp3) is 0.250. The van der Waals surface area contributed by atoms with Crippen molar-refractivity contribution in [2.75, 3.05) is 19.1 Å². The van der Waals surface area contributed by atoms with Crippen LogP contribution in [0.3, 0.4) is 0 Å². The van der Waals surface area contributed by atoms with Crippen LogP contribution in [0, 0.1) is 0 Å². The minimum Gasteiger partial charge on any atom is -0.482 e. The van der Waals surface area contributed by atoms with Gasteiger partial charge >= 0.3 is 5.97 Å². The zero-order valence-electron chi connectivity index (χ0n) is 10.4. The summed E-state index contributed by atoms with van der Waals surface area (Å²) in [5.41, 5.74) is 4.17. The lowest BCUT2D eigenvalue weighted by Crippen LogP contribution is -2.13. The van der Waals surface area contributed by atoms with Crippen LogP contribution in [0.4, 0.5) is 0 Å². The van der Waals surface area contributed by atoms with Crippen molar-refractivity contribution in [3.05, 3.63) is 42.5 Å². The lowest BCUT2D eigenvalue weighted by Gasteiger charge is -2.08. The Hall–Kier alpha value is -2.57. The Morgan fingerprint density at radius 1 is 1.26 bits per heavy atom. The minimum absolute atomic E-state index is 0.0885. The average molecular weight is 262 g/mol. The molecule has 0 aliphatic carbocycles. The van der Waals surface area contributed by atoms with Gasteiger partial charge in [-0.3, -0.25) is 0 Å². The molecule has 2 rings (SSSR count). The maximum absolute atomic E-state index is 10.9. The highest BCUT2D eigenvalue weighted by Gasteiger charge is 2.01. The molecule has 0 saturated carbocycles. The number of rotatable bonds is 6. The summed E-state index contributed by atoms with van der Waals surface area (Å²) in [5.74, 6) is 0.219. The first-order valence-corrected chi connectivity index (χ1v) is 5.65. The molecule has 0 bridgehead atoms. The molecular formula is C12H14N4O3. The van der Waals surface area contributed by atoms with E-state index in [9.17, 15) is 4.79 Å². The number of methoxy groups -OCH3 is 1. The Bertz CT molecular complexity index is 510. The molecule has 1 heterocycles. The van der Waals surface area contributed by atoms with Crippen LogP contribution >= 0.6 is 0 Å². The standard InChI is InChI=1S/C12H14N4O3/c1-18-12(17)7-19-11-4-2-10(3-5-11)6-15-16-8-13-14-9-16/h2-5,8-9,15H,6-7H2,1H3. The third-order valence-corrected chi connectivity index (χ3v) is 2.39. The minimum atomic E-state index is -0.404. The summed E-state index contributed by atoms with van der Waals surface area (Å²) in [4.78, 5) is 10.9. The Labute approximate surface area is 110 Å². The molecule has 1 N–H and O–H groups in total. The lowest BCUT2D eigenvalue weighted by atomic mass is 10.2. The van der Waals surface area contributed by atoms with E-state index < -0.39 is 5.97 Å². The van der Waals surface area contributed by atoms with Crippen LogP contribution in [0.15, 0.2) is 36.9 Å². The zero-order chi connectivity index (χ0) is 13.5. The number of nitrogens with zero attached hydrogens (tertiary/aromatic N) is 3. The summed E-state index contributed by atoms with van der Waals surface area (Å²) in [5, 5.41) is 7.37. The highest BCUT2D eigenvalue weighted by Crippen LogP contribution is 2.12. The lowest BCUT2D eigenvalue weighted by molar-refractivity contribution is -0.142. The summed E-state index contributed by atoms with van der Waals surface area (Å²) in [6.45, 7) is 0.546. The molecule has 0 spiro atoms. The maximum atomic E-state index is 10.9. The predicted molar refractivity (Wildman–Crippen MR) is 67.0 cm³/mol. The fourth-order valence-corrected chi connectivity index (χ4v) is 1.37. The number of carbonyl (C=O) groups excluding carboxylic acids is 1. The molecular weight excluding hydrogens is 248 g/mol. The van der Waals surface area contributed by atoms with Gasteiger partial charge in [-0.15, -0.1) is 10.2 Å². The van der Waals surface area contributed by atoms with Crippen molar-refractivity contribution in [3.63, 3.8) is 0 Å². The molecule has 0 atom stereocenters. The monoisotopic (exact) mass is 262 g/mol. The van der Waals surface area contributed by atoms with Crippen molar-refractivity contribution >= 4 is 5.97 Å². The van der Waals surface area contributed by atoms with Crippen LogP contribution in [0.2, 0.25) is 0 Å². The first-order chi connectivity index (χ1) is 9.28. The first kappa shape index (κ1) is 12.9. The Morgan fingerprint density at radius 2 is 1.95 bits per heavy atom. The van der Waals surface area contributed by atoms with Gasteiger partial charge in [0.2, 0.25) is 0 Å². The van der Waals surface area contributed by atoms with E-state index in [1.807, 2.05) is 12.1 Å². The number of hydrogen-bond acceptors (Lipinski definition) is 6. The third-order valence-electron chi connectivity index (χ3n) is 2.39. The van der Waals surface area contributed by atoms with Crippen LogP contribution in [-0.2, 0) is 16.1 Å². The molecule has 1 aromatic heterocycles. The molecule has 0 unspecified atom stereocenters. The molecule has 0 saturated heterocycles. The number of carbonyl (C=O) groups is 1. The van der Waals surface area contributed by atoms with Gasteiger partial charge in [-0.2, -0.15) is 0 Å². The molecule has 0 aliphatic heterocycles. The second-order valence-electron chi connectivity index (χ2n) is 3.71. The SMILES string of the molecule is COC(=O)COc1ccc(CNn2cnnc2)cc1. The maximum Gasteiger partial charge on any atom is 0.343 e. The van der Waals surface area contributed by atoms with Gasteiger partial charge in [-0.25, -0.2) is 9.47 Å². The van der Waals surface area contributed by atoms with E-state index in [0.29, 0.717) is 12.3 Å². The second kappa shape index (κ2) is 6.39. The van der Waals surface area contributed by atoms with E-state index in [0.717, 1.165) is 5.56 Å². The normalized spacial score (nSPS) is 9.95. The number of esters is 1. The molecule has 100 valence electrons.